The molecule has 0 fully saturated rings. The van der Waals surface area contributed by atoms with Gasteiger partial charge < -0.3 is 26.4 Å². The maximum atomic E-state index is 10.7. The van der Waals surface area contributed by atoms with E-state index in [1.54, 1.807) is 0 Å². The number of hydrogen-bond donors (Lipinski definition) is 5. The molecular formula is C33H39ClN2O4. The van der Waals surface area contributed by atoms with Gasteiger partial charge in [0.15, 0.2) is 11.5 Å². The number of carboxylic acids is 1. The number of nitrogens with two attached hydrogens (primary N) is 1. The first-order valence-corrected chi connectivity index (χ1v) is 13.1. The molecule has 2 atom stereocenters. The number of aliphatic carboxylic acids is 1. The number of benzene rings is 4. The standard InChI is InChI=1S/C23H25N.C10H13NO4.ClH/c1-19(20-11-5-2-6-12-20)24-18-17-23(21-13-7-3-8-14-21)22-15-9-4-10-16-22;1-10(11,9(14)15)5-6-2-3-7(12)8(13)4-6;/h2-16,19,23-24H,17-18H2,1H3;2-4,12-13H,5,11H2,1H3,(H,14,15);1H. The molecule has 0 aliphatic heterocycles. The van der Waals surface area contributed by atoms with E-state index >= 15 is 0 Å². The predicted octanol–water partition coefficient (Wildman–Crippen LogP) is 6.42. The zero-order chi connectivity index (χ0) is 28.3. The first-order chi connectivity index (χ1) is 18.7. The topological polar surface area (TPSA) is 116 Å². The molecule has 6 N–H and O–H groups in total. The van der Waals surface area contributed by atoms with Crippen LogP contribution < -0.4 is 11.1 Å². The van der Waals surface area contributed by atoms with Crippen molar-refractivity contribution in [2.45, 2.75) is 44.2 Å². The highest BCUT2D eigenvalue weighted by molar-refractivity contribution is 5.85. The number of halogens is 1. The van der Waals surface area contributed by atoms with Gasteiger partial charge in [-0.3, -0.25) is 4.79 Å². The van der Waals surface area contributed by atoms with Crippen molar-refractivity contribution in [3.63, 3.8) is 0 Å². The third kappa shape index (κ3) is 9.72. The molecule has 0 saturated carbocycles. The molecule has 0 aliphatic carbocycles. The first kappa shape index (κ1) is 32.4. The zero-order valence-corrected chi connectivity index (χ0v) is 23.7. The quantitative estimate of drug-likeness (QED) is 0.142. The van der Waals surface area contributed by atoms with E-state index in [1.807, 2.05) is 0 Å². The van der Waals surface area contributed by atoms with Crippen LogP contribution in [0, 0.1) is 0 Å². The van der Waals surface area contributed by atoms with Gasteiger partial charge in [-0.1, -0.05) is 97.1 Å². The van der Waals surface area contributed by atoms with E-state index in [2.05, 4.69) is 103 Å². The summed E-state index contributed by atoms with van der Waals surface area (Å²) in [5.74, 6) is -1.21. The highest BCUT2D eigenvalue weighted by Crippen LogP contribution is 2.28. The summed E-state index contributed by atoms with van der Waals surface area (Å²) in [5, 5.41) is 30.7. The summed E-state index contributed by atoms with van der Waals surface area (Å²) in [7, 11) is 0. The summed E-state index contributed by atoms with van der Waals surface area (Å²) < 4.78 is 0. The molecule has 6 nitrogen and oxygen atoms in total. The fourth-order valence-corrected chi connectivity index (χ4v) is 4.38. The molecule has 0 spiro atoms. The van der Waals surface area contributed by atoms with Gasteiger partial charge in [0.2, 0.25) is 0 Å². The highest BCUT2D eigenvalue weighted by Gasteiger charge is 2.28. The number of nitrogens with one attached hydrogen (secondary N) is 1. The second-order valence-electron chi connectivity index (χ2n) is 9.97. The Kier molecular flexibility index (Phi) is 12.7. The highest BCUT2D eigenvalue weighted by atomic mass is 35.5. The Morgan fingerprint density at radius 1 is 0.800 bits per heavy atom. The summed E-state index contributed by atoms with van der Waals surface area (Å²) in [6.07, 6.45) is 1.17. The van der Waals surface area contributed by atoms with Crippen molar-refractivity contribution < 1.29 is 20.1 Å². The number of carboxylic acid groups (broad SMARTS) is 1. The lowest BCUT2D eigenvalue weighted by Crippen LogP contribution is -2.46. The second-order valence-corrected chi connectivity index (χ2v) is 9.97. The molecule has 0 aliphatic rings. The van der Waals surface area contributed by atoms with Gasteiger partial charge in [0, 0.05) is 18.4 Å². The fraction of sp³-hybridized carbons (Fsp3) is 0.242. The summed E-state index contributed by atoms with van der Waals surface area (Å²) in [6, 6.07) is 36.7. The lowest BCUT2D eigenvalue weighted by atomic mass is 9.88. The molecule has 0 heterocycles. The van der Waals surface area contributed by atoms with Crippen LogP contribution >= 0.6 is 12.4 Å². The average Bonchev–Trinajstić information content (AvgIpc) is 2.94. The second kappa shape index (κ2) is 15.7. The molecule has 40 heavy (non-hydrogen) atoms. The number of hydrogen-bond acceptors (Lipinski definition) is 5. The van der Waals surface area contributed by atoms with Crippen LogP contribution in [-0.2, 0) is 11.2 Å². The van der Waals surface area contributed by atoms with Gasteiger partial charge in [-0.05, 0) is 61.2 Å². The number of phenols is 2. The van der Waals surface area contributed by atoms with E-state index in [0.717, 1.165) is 13.0 Å². The van der Waals surface area contributed by atoms with Crippen LogP contribution in [0.5, 0.6) is 11.5 Å². The Morgan fingerprint density at radius 3 is 1.73 bits per heavy atom. The molecule has 0 bridgehead atoms. The molecule has 0 radical (unpaired) electrons. The smallest absolute Gasteiger partial charge is 0.323 e. The number of carbonyl (C=O) groups is 1. The van der Waals surface area contributed by atoms with Crippen molar-refractivity contribution in [2.75, 3.05) is 6.54 Å². The maximum Gasteiger partial charge on any atom is 0.323 e. The Labute approximate surface area is 242 Å². The van der Waals surface area contributed by atoms with Gasteiger partial charge in [0.05, 0.1) is 0 Å². The summed E-state index contributed by atoms with van der Waals surface area (Å²) in [4.78, 5) is 10.7. The van der Waals surface area contributed by atoms with Gasteiger partial charge in [0.1, 0.15) is 5.54 Å². The van der Waals surface area contributed by atoms with E-state index in [0.29, 0.717) is 17.5 Å². The molecule has 0 amide bonds. The summed E-state index contributed by atoms with van der Waals surface area (Å²) >= 11 is 0. The van der Waals surface area contributed by atoms with E-state index in [-0.39, 0.29) is 30.3 Å². The lowest BCUT2D eigenvalue weighted by Gasteiger charge is -2.20. The lowest BCUT2D eigenvalue weighted by molar-refractivity contribution is -0.142. The molecule has 7 heteroatoms. The molecular weight excluding hydrogens is 524 g/mol. The van der Waals surface area contributed by atoms with Crippen LogP contribution in [0.2, 0.25) is 0 Å². The van der Waals surface area contributed by atoms with Crippen molar-refractivity contribution in [2.24, 2.45) is 5.73 Å². The fourth-order valence-electron chi connectivity index (χ4n) is 4.38. The van der Waals surface area contributed by atoms with Crippen LogP contribution in [0.1, 0.15) is 54.5 Å². The van der Waals surface area contributed by atoms with Gasteiger partial charge in [0.25, 0.3) is 0 Å². The Balaban J connectivity index is 0.000000304. The molecule has 2 unspecified atom stereocenters. The number of phenolic OH excluding ortho intramolecular Hbond substituents is 2. The molecule has 212 valence electrons. The van der Waals surface area contributed by atoms with Crippen LogP contribution in [0.4, 0.5) is 0 Å². The zero-order valence-electron chi connectivity index (χ0n) is 22.9. The summed E-state index contributed by atoms with van der Waals surface area (Å²) in [5.41, 5.74) is 8.82. The third-order valence-corrected chi connectivity index (χ3v) is 6.69. The average molecular weight is 563 g/mol. The van der Waals surface area contributed by atoms with Crippen molar-refractivity contribution >= 4 is 18.4 Å². The largest absolute Gasteiger partial charge is 0.504 e. The Hall–Kier alpha value is -3.84. The molecule has 0 aromatic heterocycles. The van der Waals surface area contributed by atoms with E-state index < -0.39 is 11.5 Å². The van der Waals surface area contributed by atoms with Crippen molar-refractivity contribution in [1.82, 2.24) is 5.32 Å². The third-order valence-electron chi connectivity index (χ3n) is 6.69. The van der Waals surface area contributed by atoms with E-state index in [1.165, 1.54) is 41.8 Å². The summed E-state index contributed by atoms with van der Waals surface area (Å²) in [6.45, 7) is 4.61. The maximum absolute atomic E-state index is 10.7. The minimum Gasteiger partial charge on any atom is -0.504 e. The van der Waals surface area contributed by atoms with E-state index in [9.17, 15) is 9.90 Å². The number of rotatable bonds is 10. The van der Waals surface area contributed by atoms with Crippen molar-refractivity contribution in [3.05, 3.63) is 131 Å². The van der Waals surface area contributed by atoms with Crippen LogP contribution in [0.15, 0.2) is 109 Å². The van der Waals surface area contributed by atoms with Gasteiger partial charge in [-0.15, -0.1) is 12.4 Å². The van der Waals surface area contributed by atoms with Crippen molar-refractivity contribution in [3.8, 4) is 11.5 Å². The van der Waals surface area contributed by atoms with Crippen LogP contribution in [0.25, 0.3) is 0 Å². The number of aromatic hydroxyl groups is 2. The molecule has 4 aromatic carbocycles. The molecule has 4 aromatic rings. The van der Waals surface area contributed by atoms with Crippen LogP contribution in [-0.4, -0.2) is 33.4 Å². The normalized spacial score (nSPS) is 12.8. The minimum absolute atomic E-state index is 0. The van der Waals surface area contributed by atoms with Crippen molar-refractivity contribution in [1.29, 1.82) is 0 Å². The monoisotopic (exact) mass is 562 g/mol. The molecule has 0 saturated heterocycles. The first-order valence-electron chi connectivity index (χ1n) is 13.1. The van der Waals surface area contributed by atoms with Gasteiger partial charge in [-0.2, -0.15) is 0 Å². The van der Waals surface area contributed by atoms with E-state index in [4.69, 9.17) is 15.9 Å². The van der Waals surface area contributed by atoms with Gasteiger partial charge >= 0.3 is 5.97 Å². The van der Waals surface area contributed by atoms with Gasteiger partial charge in [-0.25, -0.2) is 0 Å². The Bertz CT molecular complexity index is 1260. The Morgan fingerprint density at radius 2 is 1.27 bits per heavy atom. The molecule has 4 rings (SSSR count). The minimum atomic E-state index is -1.39. The van der Waals surface area contributed by atoms with Crippen LogP contribution in [0.3, 0.4) is 0 Å². The predicted molar refractivity (Wildman–Crippen MR) is 163 cm³/mol. The SMILES string of the molecule is CC(N)(Cc1ccc(O)c(O)c1)C(=O)O.CC(NCCC(c1ccccc1)c1ccccc1)c1ccccc1.Cl.